The van der Waals surface area contributed by atoms with Crippen LogP contribution < -0.4 is 10.6 Å². The number of nitrogens with one attached hydrogen (secondary N) is 2. The molecule has 0 heterocycles. The Labute approximate surface area is 108 Å². The van der Waals surface area contributed by atoms with Gasteiger partial charge in [0.05, 0.1) is 0 Å². The summed E-state index contributed by atoms with van der Waals surface area (Å²) in [6, 6.07) is 7.96. The first-order valence-electron chi connectivity index (χ1n) is 5.89. The smallest absolute Gasteiger partial charge is 0.221 e. The van der Waals surface area contributed by atoms with Gasteiger partial charge in [-0.05, 0) is 31.5 Å². The number of carbonyl (C=O) groups is 1. The predicted molar refractivity (Wildman–Crippen MR) is 71.2 cm³/mol. The van der Waals surface area contributed by atoms with Gasteiger partial charge in [0.25, 0.3) is 0 Å². The first-order chi connectivity index (χ1) is 8.13. The van der Waals surface area contributed by atoms with Crippen molar-refractivity contribution in [2.24, 2.45) is 0 Å². The summed E-state index contributed by atoms with van der Waals surface area (Å²) in [6.45, 7) is 5.35. The molecule has 1 atom stereocenters. The molecule has 0 aliphatic carbocycles. The van der Waals surface area contributed by atoms with Crippen LogP contribution in [-0.4, -0.2) is 19.0 Å². The summed E-state index contributed by atoms with van der Waals surface area (Å²) in [4.78, 5) is 11.2. The van der Waals surface area contributed by atoms with E-state index in [0.29, 0.717) is 19.5 Å². The Morgan fingerprint density at radius 2 is 2.00 bits per heavy atom. The number of hydrogen-bond donors (Lipinski definition) is 2. The maximum absolute atomic E-state index is 11.2. The second-order valence-electron chi connectivity index (χ2n) is 3.93. The molecule has 94 valence electrons. The van der Waals surface area contributed by atoms with Gasteiger partial charge < -0.3 is 10.6 Å². The van der Waals surface area contributed by atoms with Crippen LogP contribution >= 0.6 is 11.6 Å². The molecule has 0 aliphatic rings. The molecule has 0 saturated carbocycles. The summed E-state index contributed by atoms with van der Waals surface area (Å²) >= 11 is 5.82. The number of amides is 1. The van der Waals surface area contributed by atoms with Gasteiger partial charge >= 0.3 is 0 Å². The summed E-state index contributed by atoms with van der Waals surface area (Å²) in [6.07, 6.45) is 0.506. The molecule has 0 bridgehead atoms. The second kappa shape index (κ2) is 7.30. The minimum Gasteiger partial charge on any atom is -0.356 e. The van der Waals surface area contributed by atoms with Crippen LogP contribution in [0, 0.1) is 0 Å². The average Bonchev–Trinajstić information content (AvgIpc) is 2.30. The molecule has 0 aromatic heterocycles. The van der Waals surface area contributed by atoms with Gasteiger partial charge in [-0.15, -0.1) is 0 Å². The lowest BCUT2D eigenvalue weighted by atomic mass is 10.1. The third kappa shape index (κ3) is 5.20. The van der Waals surface area contributed by atoms with Crippen molar-refractivity contribution >= 4 is 17.5 Å². The van der Waals surface area contributed by atoms with E-state index < -0.39 is 0 Å². The van der Waals surface area contributed by atoms with E-state index in [-0.39, 0.29) is 11.9 Å². The van der Waals surface area contributed by atoms with E-state index in [1.807, 2.05) is 31.2 Å². The fraction of sp³-hybridized carbons (Fsp3) is 0.462. The van der Waals surface area contributed by atoms with Gasteiger partial charge in [0, 0.05) is 30.6 Å². The number of halogens is 1. The highest BCUT2D eigenvalue weighted by Crippen LogP contribution is 2.15. The highest BCUT2D eigenvalue weighted by molar-refractivity contribution is 6.30. The van der Waals surface area contributed by atoms with E-state index in [0.717, 1.165) is 5.02 Å². The summed E-state index contributed by atoms with van der Waals surface area (Å²) < 4.78 is 0. The molecule has 0 saturated heterocycles. The number of benzene rings is 1. The van der Waals surface area contributed by atoms with Crippen LogP contribution in [0.15, 0.2) is 24.3 Å². The Morgan fingerprint density at radius 1 is 1.35 bits per heavy atom. The van der Waals surface area contributed by atoms with Crippen molar-refractivity contribution in [3.05, 3.63) is 34.9 Å². The fourth-order valence-corrected chi connectivity index (χ4v) is 1.68. The van der Waals surface area contributed by atoms with Crippen molar-refractivity contribution in [3.63, 3.8) is 0 Å². The van der Waals surface area contributed by atoms with E-state index in [4.69, 9.17) is 11.6 Å². The molecule has 1 aromatic rings. The number of rotatable bonds is 6. The molecule has 2 N–H and O–H groups in total. The third-order valence-corrected chi connectivity index (χ3v) is 2.80. The van der Waals surface area contributed by atoms with E-state index in [1.54, 1.807) is 0 Å². The molecule has 1 aromatic carbocycles. The second-order valence-corrected chi connectivity index (χ2v) is 4.37. The Morgan fingerprint density at radius 3 is 2.59 bits per heavy atom. The molecule has 0 radical (unpaired) electrons. The third-order valence-electron chi connectivity index (χ3n) is 2.55. The Hall–Kier alpha value is -1.06. The minimum absolute atomic E-state index is 0.0864. The lowest BCUT2D eigenvalue weighted by Gasteiger charge is -2.14. The molecule has 1 unspecified atom stereocenters. The fourth-order valence-electron chi connectivity index (χ4n) is 1.56. The quantitative estimate of drug-likeness (QED) is 0.819. The van der Waals surface area contributed by atoms with Crippen LogP contribution in [-0.2, 0) is 4.79 Å². The van der Waals surface area contributed by atoms with Crippen molar-refractivity contribution in [3.8, 4) is 0 Å². The molecular weight excluding hydrogens is 236 g/mol. The standard InChI is InChI=1S/C13H19ClN2O/c1-3-15-13(17)8-9-16-10(2)11-4-6-12(14)7-5-11/h4-7,10,16H,3,8-9H2,1-2H3,(H,15,17). The van der Waals surface area contributed by atoms with Crippen LogP contribution in [0.5, 0.6) is 0 Å². The molecule has 17 heavy (non-hydrogen) atoms. The number of carbonyl (C=O) groups excluding carboxylic acids is 1. The lowest BCUT2D eigenvalue weighted by Crippen LogP contribution is -2.28. The van der Waals surface area contributed by atoms with Gasteiger partial charge in [-0.25, -0.2) is 0 Å². The maximum Gasteiger partial charge on any atom is 0.221 e. The van der Waals surface area contributed by atoms with Crippen molar-refractivity contribution in [1.29, 1.82) is 0 Å². The van der Waals surface area contributed by atoms with Crippen LogP contribution in [0.3, 0.4) is 0 Å². The highest BCUT2D eigenvalue weighted by Gasteiger charge is 2.05. The van der Waals surface area contributed by atoms with Gasteiger partial charge in [-0.3, -0.25) is 4.79 Å². The zero-order chi connectivity index (χ0) is 12.7. The molecule has 4 heteroatoms. The first kappa shape index (κ1) is 14.0. The highest BCUT2D eigenvalue weighted by atomic mass is 35.5. The summed E-state index contributed by atoms with van der Waals surface area (Å²) in [5.74, 6) is 0.0864. The van der Waals surface area contributed by atoms with E-state index in [9.17, 15) is 4.79 Å². The average molecular weight is 255 g/mol. The summed E-state index contributed by atoms with van der Waals surface area (Å²) in [7, 11) is 0. The van der Waals surface area contributed by atoms with Gasteiger partial charge in [-0.1, -0.05) is 23.7 Å². The molecule has 0 aliphatic heterocycles. The van der Waals surface area contributed by atoms with Crippen LogP contribution in [0.1, 0.15) is 31.9 Å². The van der Waals surface area contributed by atoms with Gasteiger partial charge in [0.1, 0.15) is 0 Å². The number of hydrogen-bond acceptors (Lipinski definition) is 2. The van der Waals surface area contributed by atoms with Crippen molar-refractivity contribution in [2.75, 3.05) is 13.1 Å². The van der Waals surface area contributed by atoms with Gasteiger partial charge in [0.2, 0.25) is 5.91 Å². The zero-order valence-electron chi connectivity index (χ0n) is 10.3. The van der Waals surface area contributed by atoms with Gasteiger partial charge in [0.15, 0.2) is 0 Å². The Balaban J connectivity index is 2.32. The molecule has 0 fully saturated rings. The molecular formula is C13H19ClN2O. The summed E-state index contributed by atoms with van der Waals surface area (Å²) in [5.41, 5.74) is 1.17. The van der Waals surface area contributed by atoms with Crippen molar-refractivity contribution < 1.29 is 4.79 Å². The molecule has 0 spiro atoms. The molecule has 3 nitrogen and oxygen atoms in total. The van der Waals surface area contributed by atoms with E-state index >= 15 is 0 Å². The maximum atomic E-state index is 11.2. The van der Waals surface area contributed by atoms with Crippen molar-refractivity contribution in [1.82, 2.24) is 10.6 Å². The molecule has 1 rings (SSSR count). The molecule has 1 amide bonds. The van der Waals surface area contributed by atoms with Gasteiger partial charge in [-0.2, -0.15) is 0 Å². The van der Waals surface area contributed by atoms with Crippen LogP contribution in [0.2, 0.25) is 5.02 Å². The Bertz CT molecular complexity index is 351. The van der Waals surface area contributed by atoms with Crippen LogP contribution in [0.25, 0.3) is 0 Å². The van der Waals surface area contributed by atoms with E-state index in [1.165, 1.54) is 5.56 Å². The predicted octanol–water partition coefficient (Wildman–Crippen LogP) is 2.52. The Kier molecular flexibility index (Phi) is 6.01. The minimum atomic E-state index is 0.0864. The SMILES string of the molecule is CCNC(=O)CCNC(C)c1ccc(Cl)cc1. The topological polar surface area (TPSA) is 41.1 Å². The van der Waals surface area contributed by atoms with Crippen LogP contribution in [0.4, 0.5) is 0 Å². The monoisotopic (exact) mass is 254 g/mol. The van der Waals surface area contributed by atoms with Crippen molar-refractivity contribution in [2.45, 2.75) is 26.3 Å². The zero-order valence-corrected chi connectivity index (χ0v) is 11.1. The van der Waals surface area contributed by atoms with E-state index in [2.05, 4.69) is 17.6 Å². The first-order valence-corrected chi connectivity index (χ1v) is 6.26. The largest absolute Gasteiger partial charge is 0.356 e. The summed E-state index contributed by atoms with van der Waals surface area (Å²) in [5, 5.41) is 6.81. The lowest BCUT2D eigenvalue weighted by molar-refractivity contribution is -0.120. The normalized spacial score (nSPS) is 12.2.